The van der Waals surface area contributed by atoms with Gasteiger partial charge in [-0.2, -0.15) is 13.2 Å². The van der Waals surface area contributed by atoms with Crippen molar-refractivity contribution < 1.29 is 13.2 Å². The standard InChI is InChI=1S/C26H29F3N6/c1-3-4-22(33-17-26(27,28)29)13-18(2)23-16-32-25-14-19(7-12-35(23)25)20-5-6-24(31-15-20)34-10-8-21(30)9-11-34/h3-7,12-16,21,33H,1,8-11,17,30H2,2H3/b18-13+,22-4+. The van der Waals surface area contributed by atoms with E-state index in [1.165, 1.54) is 12.2 Å². The molecule has 4 heterocycles. The molecule has 0 spiro atoms. The van der Waals surface area contributed by atoms with Crippen LogP contribution in [0.1, 0.15) is 25.5 Å². The van der Waals surface area contributed by atoms with Gasteiger partial charge in [0, 0.05) is 42.8 Å². The van der Waals surface area contributed by atoms with Crippen molar-refractivity contribution in [3.05, 3.63) is 79.1 Å². The molecule has 4 rings (SSSR count). The number of nitrogens with one attached hydrogen (secondary N) is 1. The number of hydrogen-bond acceptors (Lipinski definition) is 5. The fourth-order valence-corrected chi connectivity index (χ4v) is 4.12. The van der Waals surface area contributed by atoms with E-state index in [4.69, 9.17) is 5.73 Å². The third-order valence-electron chi connectivity index (χ3n) is 6.02. The summed E-state index contributed by atoms with van der Waals surface area (Å²) in [6.07, 6.45) is 7.72. The van der Waals surface area contributed by atoms with Gasteiger partial charge in [-0.3, -0.25) is 4.40 Å². The van der Waals surface area contributed by atoms with Gasteiger partial charge < -0.3 is 16.0 Å². The first-order chi connectivity index (χ1) is 16.7. The van der Waals surface area contributed by atoms with Crippen molar-refractivity contribution in [2.45, 2.75) is 32.0 Å². The quantitative estimate of drug-likeness (QED) is 0.467. The molecular formula is C26H29F3N6. The maximum atomic E-state index is 12.6. The molecule has 1 aliphatic rings. The van der Waals surface area contributed by atoms with Crippen LogP contribution >= 0.6 is 0 Å². The van der Waals surface area contributed by atoms with Gasteiger partial charge in [0.1, 0.15) is 18.0 Å². The summed E-state index contributed by atoms with van der Waals surface area (Å²) < 4.78 is 39.8. The smallest absolute Gasteiger partial charge is 0.376 e. The molecule has 9 heteroatoms. The predicted molar refractivity (Wildman–Crippen MR) is 134 cm³/mol. The lowest BCUT2D eigenvalue weighted by Gasteiger charge is -2.31. The lowest BCUT2D eigenvalue weighted by atomic mass is 10.1. The second-order valence-corrected chi connectivity index (χ2v) is 8.67. The SMILES string of the molecule is C=C/C=C(\C=C(/C)c1cnc2cc(-c3ccc(N4CCC(N)CC4)nc3)ccn12)NCC(F)(F)F. The number of rotatable bonds is 7. The lowest BCUT2D eigenvalue weighted by Crippen LogP contribution is -2.40. The Bertz CT molecular complexity index is 1230. The first-order valence-electron chi connectivity index (χ1n) is 11.5. The molecule has 0 atom stereocenters. The van der Waals surface area contributed by atoms with Crippen LogP contribution in [0.4, 0.5) is 19.0 Å². The number of piperidine rings is 1. The zero-order valence-electron chi connectivity index (χ0n) is 19.6. The van der Waals surface area contributed by atoms with Crippen molar-refractivity contribution in [3.63, 3.8) is 0 Å². The molecule has 0 saturated carbocycles. The summed E-state index contributed by atoms with van der Waals surface area (Å²) in [7, 11) is 0. The van der Waals surface area contributed by atoms with Crippen LogP contribution in [0, 0.1) is 0 Å². The molecule has 3 aromatic rings. The summed E-state index contributed by atoms with van der Waals surface area (Å²) in [5.41, 5.74) is 10.6. The Balaban J connectivity index is 1.53. The monoisotopic (exact) mass is 482 g/mol. The number of nitrogens with zero attached hydrogens (tertiary/aromatic N) is 4. The molecule has 3 N–H and O–H groups in total. The predicted octanol–water partition coefficient (Wildman–Crippen LogP) is 4.95. The van der Waals surface area contributed by atoms with Crippen molar-refractivity contribution in [3.8, 4) is 11.1 Å². The second kappa shape index (κ2) is 10.4. The number of allylic oxidation sites excluding steroid dienone is 4. The van der Waals surface area contributed by atoms with E-state index < -0.39 is 12.7 Å². The van der Waals surface area contributed by atoms with Gasteiger partial charge in [-0.25, -0.2) is 9.97 Å². The number of alkyl halides is 3. The number of hydrogen-bond donors (Lipinski definition) is 2. The number of fused-ring (bicyclic) bond motifs is 1. The Kier molecular flexibility index (Phi) is 7.25. The lowest BCUT2D eigenvalue weighted by molar-refractivity contribution is -0.123. The second-order valence-electron chi connectivity index (χ2n) is 8.67. The molecule has 0 aliphatic carbocycles. The summed E-state index contributed by atoms with van der Waals surface area (Å²) in [4.78, 5) is 11.4. The summed E-state index contributed by atoms with van der Waals surface area (Å²) in [5, 5.41) is 2.40. The van der Waals surface area contributed by atoms with Gasteiger partial charge in [0.05, 0.1) is 11.9 Å². The number of pyridine rings is 2. The number of nitrogens with two attached hydrogens (primary N) is 1. The Morgan fingerprint density at radius 1 is 1.17 bits per heavy atom. The molecule has 0 amide bonds. The molecule has 3 aromatic heterocycles. The summed E-state index contributed by atoms with van der Waals surface area (Å²) in [6, 6.07) is 8.30. The molecule has 1 aliphatic heterocycles. The van der Waals surface area contributed by atoms with Crippen LogP contribution in [-0.2, 0) is 0 Å². The normalized spacial score (nSPS) is 16.1. The van der Waals surface area contributed by atoms with E-state index in [-0.39, 0.29) is 6.04 Å². The molecule has 6 nitrogen and oxygen atoms in total. The summed E-state index contributed by atoms with van der Waals surface area (Å²) in [6.45, 7) is 6.12. The molecule has 35 heavy (non-hydrogen) atoms. The van der Waals surface area contributed by atoms with E-state index in [1.54, 1.807) is 12.3 Å². The highest BCUT2D eigenvalue weighted by molar-refractivity contribution is 5.71. The van der Waals surface area contributed by atoms with Crippen LogP contribution in [0.25, 0.3) is 22.3 Å². The third-order valence-corrected chi connectivity index (χ3v) is 6.02. The Morgan fingerprint density at radius 3 is 2.60 bits per heavy atom. The van der Waals surface area contributed by atoms with Gasteiger partial charge >= 0.3 is 6.18 Å². The van der Waals surface area contributed by atoms with Gasteiger partial charge in [0.2, 0.25) is 0 Å². The van der Waals surface area contributed by atoms with E-state index in [9.17, 15) is 13.2 Å². The van der Waals surface area contributed by atoms with E-state index in [0.717, 1.165) is 59.8 Å². The number of anilines is 1. The van der Waals surface area contributed by atoms with E-state index >= 15 is 0 Å². The van der Waals surface area contributed by atoms with E-state index in [2.05, 4.69) is 32.8 Å². The molecule has 1 fully saturated rings. The average molecular weight is 483 g/mol. The maximum Gasteiger partial charge on any atom is 0.405 e. The van der Waals surface area contributed by atoms with E-state index in [1.807, 2.05) is 41.9 Å². The Morgan fingerprint density at radius 2 is 1.94 bits per heavy atom. The van der Waals surface area contributed by atoms with Crippen LogP contribution < -0.4 is 16.0 Å². The van der Waals surface area contributed by atoms with Crippen molar-refractivity contribution in [2.75, 3.05) is 24.5 Å². The maximum absolute atomic E-state index is 12.6. The van der Waals surface area contributed by atoms with Crippen molar-refractivity contribution >= 4 is 17.0 Å². The summed E-state index contributed by atoms with van der Waals surface area (Å²) in [5.74, 6) is 0.952. The highest BCUT2D eigenvalue weighted by Crippen LogP contribution is 2.25. The molecule has 0 unspecified atom stereocenters. The number of imidazole rings is 1. The van der Waals surface area contributed by atoms with Crippen LogP contribution in [0.2, 0.25) is 0 Å². The number of aromatic nitrogens is 3. The molecule has 1 saturated heterocycles. The van der Waals surface area contributed by atoms with Gasteiger partial charge in [-0.05, 0) is 67.3 Å². The van der Waals surface area contributed by atoms with Crippen molar-refractivity contribution in [1.29, 1.82) is 0 Å². The van der Waals surface area contributed by atoms with Crippen LogP contribution in [0.5, 0.6) is 0 Å². The fourth-order valence-electron chi connectivity index (χ4n) is 4.12. The zero-order chi connectivity index (χ0) is 25.0. The molecule has 0 aromatic carbocycles. The minimum atomic E-state index is -4.31. The van der Waals surface area contributed by atoms with Crippen LogP contribution in [0.3, 0.4) is 0 Å². The van der Waals surface area contributed by atoms with Crippen LogP contribution in [-0.4, -0.2) is 46.2 Å². The molecular weight excluding hydrogens is 453 g/mol. The van der Waals surface area contributed by atoms with Gasteiger partial charge in [0.25, 0.3) is 0 Å². The first-order valence-corrected chi connectivity index (χ1v) is 11.5. The molecule has 0 bridgehead atoms. The Hall–Kier alpha value is -3.59. The summed E-state index contributed by atoms with van der Waals surface area (Å²) >= 11 is 0. The van der Waals surface area contributed by atoms with Gasteiger partial charge in [-0.1, -0.05) is 12.7 Å². The van der Waals surface area contributed by atoms with Gasteiger partial charge in [0.15, 0.2) is 0 Å². The van der Waals surface area contributed by atoms with E-state index in [0.29, 0.717) is 5.70 Å². The fraction of sp³-hybridized carbons (Fsp3) is 0.308. The first kappa shape index (κ1) is 24.5. The third kappa shape index (κ3) is 6.10. The Labute approximate surface area is 202 Å². The topological polar surface area (TPSA) is 71.5 Å². The molecule has 0 radical (unpaired) electrons. The highest BCUT2D eigenvalue weighted by Gasteiger charge is 2.26. The molecule has 184 valence electrons. The zero-order valence-corrected chi connectivity index (χ0v) is 19.6. The van der Waals surface area contributed by atoms with Crippen molar-refractivity contribution in [2.24, 2.45) is 5.73 Å². The van der Waals surface area contributed by atoms with Crippen molar-refractivity contribution in [1.82, 2.24) is 19.7 Å². The number of halogens is 3. The minimum absolute atomic E-state index is 0.274. The largest absolute Gasteiger partial charge is 0.405 e. The van der Waals surface area contributed by atoms with Gasteiger partial charge in [-0.15, -0.1) is 0 Å². The van der Waals surface area contributed by atoms with Crippen LogP contribution in [0.15, 0.2) is 73.4 Å². The average Bonchev–Trinajstić information content (AvgIpc) is 3.26. The minimum Gasteiger partial charge on any atom is -0.376 e. The highest BCUT2D eigenvalue weighted by atomic mass is 19.4.